The average molecular weight is 258 g/mol. The van der Waals surface area contributed by atoms with Crippen molar-refractivity contribution in [1.29, 1.82) is 0 Å². The predicted octanol–water partition coefficient (Wildman–Crippen LogP) is 3.74. The number of aromatic nitrogens is 1. The van der Waals surface area contributed by atoms with E-state index in [1.165, 1.54) is 0 Å². The van der Waals surface area contributed by atoms with Crippen molar-refractivity contribution in [2.45, 2.75) is 0 Å². The van der Waals surface area contributed by atoms with E-state index in [1.807, 2.05) is 6.07 Å². The third-order valence-corrected chi connectivity index (χ3v) is 3.09. The SMILES string of the molecule is O=C(O)c1c2ccccc2nc2ccc(Cl)cc12. The van der Waals surface area contributed by atoms with E-state index in [1.54, 1.807) is 36.4 Å². The summed E-state index contributed by atoms with van der Waals surface area (Å²) in [5.41, 5.74) is 1.55. The fourth-order valence-electron chi connectivity index (χ4n) is 2.09. The van der Waals surface area contributed by atoms with Crippen LogP contribution in [0.1, 0.15) is 10.4 Å². The molecule has 1 heterocycles. The van der Waals surface area contributed by atoms with Gasteiger partial charge in [-0.1, -0.05) is 29.8 Å². The molecule has 0 radical (unpaired) electrons. The molecule has 0 spiro atoms. The zero-order chi connectivity index (χ0) is 12.7. The van der Waals surface area contributed by atoms with Gasteiger partial charge in [-0.15, -0.1) is 0 Å². The first-order chi connectivity index (χ1) is 8.66. The number of hydrogen-bond donors (Lipinski definition) is 1. The first-order valence-corrected chi connectivity index (χ1v) is 5.76. The summed E-state index contributed by atoms with van der Waals surface area (Å²) in [6, 6.07) is 12.3. The summed E-state index contributed by atoms with van der Waals surface area (Å²) < 4.78 is 0. The van der Waals surface area contributed by atoms with Gasteiger partial charge < -0.3 is 5.11 Å². The molecule has 88 valence electrons. The van der Waals surface area contributed by atoms with E-state index >= 15 is 0 Å². The fourth-order valence-corrected chi connectivity index (χ4v) is 2.27. The second-order valence-electron chi connectivity index (χ2n) is 3.97. The number of carbonyl (C=O) groups is 1. The van der Waals surface area contributed by atoms with Crippen molar-refractivity contribution in [2.24, 2.45) is 0 Å². The molecule has 1 N–H and O–H groups in total. The number of fused-ring (bicyclic) bond motifs is 2. The Morgan fingerprint density at radius 3 is 2.56 bits per heavy atom. The van der Waals surface area contributed by atoms with Gasteiger partial charge in [-0.2, -0.15) is 0 Å². The zero-order valence-electron chi connectivity index (χ0n) is 9.22. The van der Waals surface area contributed by atoms with Crippen molar-refractivity contribution < 1.29 is 9.90 Å². The smallest absolute Gasteiger partial charge is 0.337 e. The lowest BCUT2D eigenvalue weighted by Crippen LogP contribution is -2.00. The topological polar surface area (TPSA) is 50.2 Å². The predicted molar refractivity (Wildman–Crippen MR) is 71.2 cm³/mol. The second kappa shape index (κ2) is 3.96. The number of carboxylic acid groups (broad SMARTS) is 1. The number of hydrogen-bond acceptors (Lipinski definition) is 2. The van der Waals surface area contributed by atoms with Crippen LogP contribution < -0.4 is 0 Å². The molecule has 3 nitrogen and oxygen atoms in total. The van der Waals surface area contributed by atoms with Crippen molar-refractivity contribution in [3.05, 3.63) is 53.1 Å². The van der Waals surface area contributed by atoms with E-state index in [-0.39, 0.29) is 5.56 Å². The molecule has 0 amide bonds. The summed E-state index contributed by atoms with van der Waals surface area (Å²) in [4.78, 5) is 15.9. The summed E-state index contributed by atoms with van der Waals surface area (Å²) in [6.45, 7) is 0. The summed E-state index contributed by atoms with van der Waals surface area (Å²) in [5.74, 6) is -0.971. The minimum absolute atomic E-state index is 0.248. The summed E-state index contributed by atoms with van der Waals surface area (Å²) in [7, 11) is 0. The van der Waals surface area contributed by atoms with Crippen LogP contribution in [0.4, 0.5) is 0 Å². The van der Waals surface area contributed by atoms with Crippen LogP contribution >= 0.6 is 11.6 Å². The molecule has 3 rings (SSSR count). The first-order valence-electron chi connectivity index (χ1n) is 5.38. The summed E-state index contributed by atoms with van der Waals surface area (Å²) in [6.07, 6.45) is 0. The van der Waals surface area contributed by atoms with E-state index in [4.69, 9.17) is 11.6 Å². The highest BCUT2D eigenvalue weighted by molar-refractivity contribution is 6.31. The van der Waals surface area contributed by atoms with Crippen molar-refractivity contribution >= 4 is 39.4 Å². The molecule has 2 aromatic carbocycles. The molecule has 0 unspecified atom stereocenters. The third kappa shape index (κ3) is 1.60. The Morgan fingerprint density at radius 2 is 1.78 bits per heavy atom. The van der Waals surface area contributed by atoms with E-state index in [9.17, 15) is 9.90 Å². The van der Waals surface area contributed by atoms with Gasteiger partial charge in [0.2, 0.25) is 0 Å². The van der Waals surface area contributed by atoms with Gasteiger partial charge >= 0.3 is 5.97 Å². The number of benzene rings is 2. The Morgan fingerprint density at radius 1 is 1.06 bits per heavy atom. The maximum absolute atomic E-state index is 11.5. The van der Waals surface area contributed by atoms with E-state index in [0.717, 1.165) is 0 Å². The van der Waals surface area contributed by atoms with Crippen LogP contribution in [0, 0.1) is 0 Å². The van der Waals surface area contributed by atoms with Gasteiger partial charge in [0.05, 0.1) is 16.6 Å². The number of nitrogens with zero attached hydrogens (tertiary/aromatic N) is 1. The molecule has 3 aromatic rings. The molecule has 0 saturated carbocycles. The Kier molecular flexibility index (Phi) is 2.42. The Hall–Kier alpha value is -2.13. The maximum Gasteiger partial charge on any atom is 0.337 e. The molecule has 0 aliphatic heterocycles. The normalized spacial score (nSPS) is 10.9. The van der Waals surface area contributed by atoms with E-state index in [2.05, 4.69) is 4.98 Å². The summed E-state index contributed by atoms with van der Waals surface area (Å²) >= 11 is 5.93. The number of carboxylic acids is 1. The number of halogens is 1. The van der Waals surface area contributed by atoms with E-state index in [0.29, 0.717) is 26.8 Å². The molecule has 0 atom stereocenters. The van der Waals surface area contributed by atoms with Gasteiger partial charge in [-0.25, -0.2) is 9.78 Å². The molecule has 0 bridgehead atoms. The minimum Gasteiger partial charge on any atom is -0.478 e. The van der Waals surface area contributed by atoms with Crippen LogP contribution in [-0.2, 0) is 0 Å². The van der Waals surface area contributed by atoms with E-state index < -0.39 is 5.97 Å². The van der Waals surface area contributed by atoms with Gasteiger partial charge in [0.25, 0.3) is 0 Å². The first kappa shape index (κ1) is 11.0. The standard InChI is InChI=1S/C14H8ClNO2/c15-8-5-6-12-10(7-8)13(14(17)18)9-3-1-2-4-11(9)16-12/h1-7H,(H,17,18). The average Bonchev–Trinajstić information content (AvgIpc) is 2.35. The Labute approximate surface area is 108 Å². The van der Waals surface area contributed by atoms with Gasteiger partial charge in [0, 0.05) is 15.8 Å². The highest BCUT2D eigenvalue weighted by atomic mass is 35.5. The van der Waals surface area contributed by atoms with Gasteiger partial charge in [-0.3, -0.25) is 0 Å². The minimum atomic E-state index is -0.971. The van der Waals surface area contributed by atoms with Crippen molar-refractivity contribution in [3.8, 4) is 0 Å². The van der Waals surface area contributed by atoms with Crippen LogP contribution in [0.25, 0.3) is 21.8 Å². The Bertz CT molecular complexity index is 783. The molecule has 18 heavy (non-hydrogen) atoms. The lowest BCUT2D eigenvalue weighted by Gasteiger charge is -2.07. The quantitative estimate of drug-likeness (QED) is 0.676. The number of pyridine rings is 1. The largest absolute Gasteiger partial charge is 0.478 e. The van der Waals surface area contributed by atoms with Crippen LogP contribution in [0.2, 0.25) is 5.02 Å². The molecule has 0 aliphatic rings. The van der Waals surface area contributed by atoms with Crippen molar-refractivity contribution in [3.63, 3.8) is 0 Å². The van der Waals surface area contributed by atoms with Gasteiger partial charge in [0.1, 0.15) is 0 Å². The van der Waals surface area contributed by atoms with Crippen molar-refractivity contribution in [1.82, 2.24) is 4.98 Å². The molecular formula is C14H8ClNO2. The van der Waals surface area contributed by atoms with Crippen LogP contribution in [0.15, 0.2) is 42.5 Å². The molecule has 4 heteroatoms. The Balaban J connectivity index is 2.59. The van der Waals surface area contributed by atoms with Crippen LogP contribution in [0.5, 0.6) is 0 Å². The van der Waals surface area contributed by atoms with Gasteiger partial charge in [0.15, 0.2) is 0 Å². The van der Waals surface area contributed by atoms with Crippen LogP contribution in [-0.4, -0.2) is 16.1 Å². The van der Waals surface area contributed by atoms with Crippen LogP contribution in [0.3, 0.4) is 0 Å². The lowest BCUT2D eigenvalue weighted by molar-refractivity contribution is 0.0701. The highest BCUT2D eigenvalue weighted by Crippen LogP contribution is 2.27. The lowest BCUT2D eigenvalue weighted by atomic mass is 10.0. The third-order valence-electron chi connectivity index (χ3n) is 2.86. The van der Waals surface area contributed by atoms with Crippen molar-refractivity contribution in [2.75, 3.05) is 0 Å². The number of aromatic carboxylic acids is 1. The number of para-hydroxylation sites is 1. The monoisotopic (exact) mass is 257 g/mol. The van der Waals surface area contributed by atoms with Gasteiger partial charge in [-0.05, 0) is 24.3 Å². The molecule has 0 aliphatic carbocycles. The molecular weight excluding hydrogens is 250 g/mol. The number of rotatable bonds is 1. The fraction of sp³-hybridized carbons (Fsp3) is 0. The molecule has 0 saturated heterocycles. The zero-order valence-corrected chi connectivity index (χ0v) is 9.98. The molecule has 0 fully saturated rings. The second-order valence-corrected chi connectivity index (χ2v) is 4.41. The maximum atomic E-state index is 11.5. The molecule has 1 aromatic heterocycles. The highest BCUT2D eigenvalue weighted by Gasteiger charge is 2.14. The summed E-state index contributed by atoms with van der Waals surface area (Å²) in [5, 5.41) is 11.1.